The Balaban J connectivity index is 1.67. The molecule has 0 aromatic rings. The molecule has 0 aromatic carbocycles. The van der Waals surface area contributed by atoms with Crippen molar-refractivity contribution in [3.63, 3.8) is 0 Å². The molecule has 2 unspecified atom stereocenters. The Morgan fingerprint density at radius 3 is 2.44 bits per heavy atom. The Morgan fingerprint density at radius 1 is 1.06 bits per heavy atom. The van der Waals surface area contributed by atoms with Gasteiger partial charge in [0.25, 0.3) is 0 Å². The van der Waals surface area contributed by atoms with E-state index in [-0.39, 0.29) is 6.10 Å². The zero-order valence-electron chi connectivity index (χ0n) is 11.8. The number of β-amino-alcohol motifs (C(OH)–C–C–N with tert-alkyl or cyclic N) is 1. The van der Waals surface area contributed by atoms with E-state index in [9.17, 15) is 5.11 Å². The summed E-state index contributed by atoms with van der Waals surface area (Å²) in [5.74, 6) is 0.861. The van der Waals surface area contributed by atoms with Crippen LogP contribution in [-0.4, -0.2) is 73.4 Å². The van der Waals surface area contributed by atoms with Crippen LogP contribution in [0.15, 0.2) is 0 Å². The monoisotopic (exact) mass is 255 g/mol. The van der Waals surface area contributed by atoms with Gasteiger partial charge in [-0.1, -0.05) is 6.92 Å². The van der Waals surface area contributed by atoms with Gasteiger partial charge in [-0.3, -0.25) is 4.90 Å². The summed E-state index contributed by atoms with van der Waals surface area (Å²) in [5.41, 5.74) is 0. The SMILES string of the molecule is CC1CCCN(CC(O)CN2CCNCC2)CC1. The second-order valence-corrected chi connectivity index (χ2v) is 6.04. The Labute approximate surface area is 111 Å². The quantitative estimate of drug-likeness (QED) is 0.761. The topological polar surface area (TPSA) is 38.7 Å². The molecular formula is C14H29N3O. The summed E-state index contributed by atoms with van der Waals surface area (Å²) < 4.78 is 0. The van der Waals surface area contributed by atoms with Gasteiger partial charge in [-0.15, -0.1) is 0 Å². The largest absolute Gasteiger partial charge is 0.390 e. The minimum Gasteiger partial charge on any atom is -0.390 e. The van der Waals surface area contributed by atoms with Gasteiger partial charge in [0, 0.05) is 39.3 Å². The molecule has 2 aliphatic rings. The van der Waals surface area contributed by atoms with Gasteiger partial charge in [0.2, 0.25) is 0 Å². The van der Waals surface area contributed by atoms with Crippen molar-refractivity contribution in [1.29, 1.82) is 0 Å². The molecule has 2 fully saturated rings. The van der Waals surface area contributed by atoms with Crippen LogP contribution < -0.4 is 5.32 Å². The maximum absolute atomic E-state index is 10.2. The van der Waals surface area contributed by atoms with Crippen molar-refractivity contribution >= 4 is 0 Å². The van der Waals surface area contributed by atoms with Crippen molar-refractivity contribution in [2.24, 2.45) is 5.92 Å². The van der Waals surface area contributed by atoms with Gasteiger partial charge in [-0.25, -0.2) is 0 Å². The third-order valence-corrected chi connectivity index (χ3v) is 4.26. The Hall–Kier alpha value is -0.160. The molecule has 2 aliphatic heterocycles. The van der Waals surface area contributed by atoms with E-state index >= 15 is 0 Å². The van der Waals surface area contributed by atoms with Crippen molar-refractivity contribution < 1.29 is 5.11 Å². The van der Waals surface area contributed by atoms with Crippen molar-refractivity contribution in [3.8, 4) is 0 Å². The summed E-state index contributed by atoms with van der Waals surface area (Å²) in [6, 6.07) is 0. The normalized spacial score (nSPS) is 30.0. The van der Waals surface area contributed by atoms with Crippen LogP contribution in [0.4, 0.5) is 0 Å². The number of hydrogen-bond acceptors (Lipinski definition) is 4. The van der Waals surface area contributed by atoms with Crippen LogP contribution in [0.2, 0.25) is 0 Å². The lowest BCUT2D eigenvalue weighted by atomic mass is 10.0. The first-order valence-corrected chi connectivity index (χ1v) is 7.57. The highest BCUT2D eigenvalue weighted by Crippen LogP contribution is 2.16. The van der Waals surface area contributed by atoms with Crippen LogP contribution in [0.5, 0.6) is 0 Å². The van der Waals surface area contributed by atoms with E-state index in [1.807, 2.05) is 0 Å². The second kappa shape index (κ2) is 7.43. The smallest absolute Gasteiger partial charge is 0.0793 e. The van der Waals surface area contributed by atoms with E-state index in [1.54, 1.807) is 0 Å². The summed E-state index contributed by atoms with van der Waals surface area (Å²) in [5, 5.41) is 13.6. The number of aliphatic hydroxyl groups excluding tert-OH is 1. The predicted octanol–water partition coefficient (Wildman–Crippen LogP) is 0.375. The number of piperazine rings is 1. The number of nitrogens with one attached hydrogen (secondary N) is 1. The third-order valence-electron chi connectivity index (χ3n) is 4.26. The number of aliphatic hydroxyl groups is 1. The molecule has 0 radical (unpaired) electrons. The molecule has 18 heavy (non-hydrogen) atoms. The minimum atomic E-state index is -0.184. The fraction of sp³-hybridized carbons (Fsp3) is 1.00. The van der Waals surface area contributed by atoms with Crippen molar-refractivity contribution in [3.05, 3.63) is 0 Å². The molecule has 0 aromatic heterocycles. The van der Waals surface area contributed by atoms with Gasteiger partial charge in [0.15, 0.2) is 0 Å². The highest BCUT2D eigenvalue weighted by atomic mass is 16.3. The van der Waals surface area contributed by atoms with Gasteiger partial charge in [-0.2, -0.15) is 0 Å². The Kier molecular flexibility index (Phi) is 5.89. The van der Waals surface area contributed by atoms with Gasteiger partial charge in [0.1, 0.15) is 0 Å². The summed E-state index contributed by atoms with van der Waals surface area (Å²) in [6.07, 6.45) is 3.75. The zero-order valence-corrected chi connectivity index (χ0v) is 11.8. The Morgan fingerprint density at radius 2 is 1.72 bits per heavy atom. The van der Waals surface area contributed by atoms with Crippen LogP contribution in [0, 0.1) is 5.92 Å². The maximum atomic E-state index is 10.2. The van der Waals surface area contributed by atoms with E-state index in [0.29, 0.717) is 0 Å². The van der Waals surface area contributed by atoms with E-state index < -0.39 is 0 Å². The van der Waals surface area contributed by atoms with Gasteiger partial charge in [-0.05, 0) is 38.3 Å². The standard InChI is InChI=1S/C14H29N3O/c1-13-3-2-7-16(8-4-13)11-14(18)12-17-9-5-15-6-10-17/h13-15,18H,2-12H2,1H3. The van der Waals surface area contributed by atoms with E-state index in [4.69, 9.17) is 0 Å². The fourth-order valence-electron chi connectivity index (χ4n) is 3.05. The second-order valence-electron chi connectivity index (χ2n) is 6.04. The molecule has 0 amide bonds. The van der Waals surface area contributed by atoms with E-state index in [2.05, 4.69) is 22.0 Å². The molecule has 2 rings (SSSR count). The summed E-state index contributed by atoms with van der Waals surface area (Å²) in [4.78, 5) is 4.83. The average molecular weight is 255 g/mol. The number of rotatable bonds is 4. The van der Waals surface area contributed by atoms with Crippen molar-refractivity contribution in [2.45, 2.75) is 32.3 Å². The summed E-state index contributed by atoms with van der Waals surface area (Å²) >= 11 is 0. The molecule has 0 saturated carbocycles. The molecule has 2 N–H and O–H groups in total. The third kappa shape index (κ3) is 4.84. The molecule has 2 saturated heterocycles. The van der Waals surface area contributed by atoms with Crippen LogP contribution in [0.1, 0.15) is 26.2 Å². The molecule has 4 heteroatoms. The lowest BCUT2D eigenvalue weighted by Gasteiger charge is -2.31. The lowest BCUT2D eigenvalue weighted by Crippen LogP contribution is -2.48. The van der Waals surface area contributed by atoms with Gasteiger partial charge in [0.05, 0.1) is 6.10 Å². The van der Waals surface area contributed by atoms with Gasteiger partial charge >= 0.3 is 0 Å². The number of hydrogen-bond donors (Lipinski definition) is 2. The van der Waals surface area contributed by atoms with Crippen molar-refractivity contribution in [2.75, 3.05) is 52.4 Å². The first-order valence-electron chi connectivity index (χ1n) is 7.57. The molecule has 106 valence electrons. The lowest BCUT2D eigenvalue weighted by molar-refractivity contribution is 0.0702. The average Bonchev–Trinajstić information content (AvgIpc) is 2.56. The molecule has 0 bridgehead atoms. The molecule has 4 nitrogen and oxygen atoms in total. The minimum absolute atomic E-state index is 0.184. The zero-order chi connectivity index (χ0) is 12.8. The summed E-state index contributed by atoms with van der Waals surface area (Å²) in [6.45, 7) is 10.7. The van der Waals surface area contributed by atoms with E-state index in [0.717, 1.165) is 45.2 Å². The van der Waals surface area contributed by atoms with Crippen molar-refractivity contribution in [1.82, 2.24) is 15.1 Å². The highest BCUT2D eigenvalue weighted by Gasteiger charge is 2.19. The van der Waals surface area contributed by atoms with Crippen LogP contribution >= 0.6 is 0 Å². The predicted molar refractivity (Wildman–Crippen MR) is 74.8 cm³/mol. The Bertz CT molecular complexity index is 231. The molecule has 2 atom stereocenters. The van der Waals surface area contributed by atoms with Crippen LogP contribution in [0.3, 0.4) is 0 Å². The molecule has 0 spiro atoms. The molecule has 2 heterocycles. The fourth-order valence-corrected chi connectivity index (χ4v) is 3.05. The summed E-state index contributed by atoms with van der Waals surface area (Å²) in [7, 11) is 0. The van der Waals surface area contributed by atoms with Crippen LogP contribution in [-0.2, 0) is 0 Å². The van der Waals surface area contributed by atoms with Crippen LogP contribution in [0.25, 0.3) is 0 Å². The molecule has 0 aliphatic carbocycles. The van der Waals surface area contributed by atoms with E-state index in [1.165, 1.54) is 32.4 Å². The number of nitrogens with zero attached hydrogens (tertiary/aromatic N) is 2. The van der Waals surface area contributed by atoms with Gasteiger partial charge < -0.3 is 15.3 Å². The molecular weight excluding hydrogens is 226 g/mol. The highest BCUT2D eigenvalue weighted by molar-refractivity contribution is 4.75. The maximum Gasteiger partial charge on any atom is 0.0793 e. The first-order chi connectivity index (χ1) is 8.74. The number of likely N-dealkylation sites (tertiary alicyclic amines) is 1. The first kappa shape index (κ1) is 14.3.